The minimum Gasteiger partial charge on any atom is -0.497 e. The molecule has 2 heteroatoms. The van der Waals surface area contributed by atoms with E-state index in [-0.39, 0.29) is 5.41 Å². The highest BCUT2D eigenvalue weighted by Gasteiger charge is 2.42. The normalized spacial score (nSPS) is 19.1. The molecule has 3 aromatic rings. The molecule has 29 heavy (non-hydrogen) atoms. The molecule has 1 spiro atoms. The molecule has 0 fully saturated rings. The molecule has 0 aromatic heterocycles. The molecule has 1 heterocycles. The second-order valence-electron chi connectivity index (χ2n) is 8.13. The average Bonchev–Trinajstić information content (AvgIpc) is 3.12. The smallest absolute Gasteiger partial charge is 0.118 e. The SMILES string of the molecule is C=C(c1ccc(OC)cc1)c1cc(C)c2c(c1)CCCC21C=Nc2ccccc21. The van der Waals surface area contributed by atoms with E-state index in [2.05, 4.69) is 68.2 Å². The molecular formula is C27H25NO. The number of aryl methyl sites for hydroxylation is 2. The Morgan fingerprint density at radius 3 is 2.62 bits per heavy atom. The Balaban J connectivity index is 1.60. The van der Waals surface area contributed by atoms with Gasteiger partial charge >= 0.3 is 0 Å². The molecule has 5 rings (SSSR count). The number of nitrogens with zero attached hydrogens (tertiary/aromatic N) is 1. The molecule has 0 saturated carbocycles. The number of hydrogen-bond donors (Lipinski definition) is 0. The molecular weight excluding hydrogens is 354 g/mol. The first-order valence-electron chi connectivity index (χ1n) is 10.2. The largest absolute Gasteiger partial charge is 0.497 e. The van der Waals surface area contributed by atoms with Crippen LogP contribution in [0, 0.1) is 6.92 Å². The molecule has 0 saturated heterocycles. The molecule has 1 unspecified atom stereocenters. The van der Waals surface area contributed by atoms with Gasteiger partial charge in [-0.05, 0) is 83.3 Å². The number of ether oxygens (including phenoxy) is 1. The highest BCUT2D eigenvalue weighted by Crippen LogP contribution is 2.50. The van der Waals surface area contributed by atoms with Crippen LogP contribution in [0.25, 0.3) is 5.57 Å². The van der Waals surface area contributed by atoms with Crippen LogP contribution in [0.1, 0.15) is 46.2 Å². The second kappa shape index (κ2) is 6.73. The summed E-state index contributed by atoms with van der Waals surface area (Å²) in [4.78, 5) is 4.78. The third kappa shape index (κ3) is 2.74. The highest BCUT2D eigenvalue weighted by molar-refractivity contribution is 5.91. The van der Waals surface area contributed by atoms with Gasteiger partial charge in [0, 0.05) is 6.21 Å². The Morgan fingerprint density at radius 1 is 1.03 bits per heavy atom. The van der Waals surface area contributed by atoms with Crippen molar-refractivity contribution in [1.29, 1.82) is 0 Å². The van der Waals surface area contributed by atoms with E-state index in [9.17, 15) is 0 Å². The Bertz CT molecular complexity index is 1140. The predicted molar refractivity (Wildman–Crippen MR) is 121 cm³/mol. The van der Waals surface area contributed by atoms with Crippen molar-refractivity contribution >= 4 is 17.5 Å². The van der Waals surface area contributed by atoms with Crippen LogP contribution in [0.5, 0.6) is 5.75 Å². The van der Waals surface area contributed by atoms with Gasteiger partial charge in [-0.1, -0.05) is 49.0 Å². The van der Waals surface area contributed by atoms with Crippen LogP contribution in [0.4, 0.5) is 5.69 Å². The summed E-state index contributed by atoms with van der Waals surface area (Å²) in [6.45, 7) is 6.64. The maximum absolute atomic E-state index is 5.29. The van der Waals surface area contributed by atoms with Gasteiger partial charge in [0.1, 0.15) is 5.75 Å². The number of benzene rings is 3. The molecule has 2 aliphatic rings. The summed E-state index contributed by atoms with van der Waals surface area (Å²) < 4.78 is 5.29. The lowest BCUT2D eigenvalue weighted by Gasteiger charge is -2.36. The summed E-state index contributed by atoms with van der Waals surface area (Å²) in [5.74, 6) is 0.865. The van der Waals surface area contributed by atoms with Crippen LogP contribution in [-0.4, -0.2) is 13.3 Å². The van der Waals surface area contributed by atoms with Crippen LogP contribution < -0.4 is 4.74 Å². The summed E-state index contributed by atoms with van der Waals surface area (Å²) in [7, 11) is 1.69. The molecule has 0 radical (unpaired) electrons. The molecule has 2 nitrogen and oxygen atoms in total. The molecule has 3 aromatic carbocycles. The van der Waals surface area contributed by atoms with Gasteiger partial charge in [0.05, 0.1) is 18.2 Å². The average molecular weight is 380 g/mol. The third-order valence-corrected chi connectivity index (χ3v) is 6.48. The van der Waals surface area contributed by atoms with Gasteiger partial charge in [-0.25, -0.2) is 0 Å². The van der Waals surface area contributed by atoms with Crippen LogP contribution in [-0.2, 0) is 11.8 Å². The molecule has 144 valence electrons. The van der Waals surface area contributed by atoms with Gasteiger partial charge < -0.3 is 4.74 Å². The standard InChI is InChI=1S/C27H25NO/c1-18-15-22(19(2)20-10-12-23(29-3)13-11-20)16-21-7-6-14-27(26(18)21)17-28-25-9-5-4-8-24(25)27/h4-5,8-13,15-17H,2,6-7,14H2,1,3H3. The van der Waals surface area contributed by atoms with Gasteiger partial charge in [0.2, 0.25) is 0 Å². The van der Waals surface area contributed by atoms with E-state index >= 15 is 0 Å². The highest BCUT2D eigenvalue weighted by atomic mass is 16.5. The van der Waals surface area contributed by atoms with E-state index in [1.165, 1.54) is 34.2 Å². The fourth-order valence-corrected chi connectivity index (χ4v) is 5.12. The number of para-hydroxylation sites is 1. The molecule has 0 bridgehead atoms. The van der Waals surface area contributed by atoms with Gasteiger partial charge in [-0.15, -0.1) is 0 Å². The number of methoxy groups -OCH3 is 1. The Kier molecular flexibility index (Phi) is 4.16. The minimum atomic E-state index is -0.0752. The van der Waals surface area contributed by atoms with Gasteiger partial charge in [0.25, 0.3) is 0 Å². The van der Waals surface area contributed by atoms with Crippen molar-refractivity contribution in [1.82, 2.24) is 0 Å². The van der Waals surface area contributed by atoms with Crippen molar-refractivity contribution in [3.05, 3.63) is 101 Å². The number of hydrogen-bond acceptors (Lipinski definition) is 2. The maximum Gasteiger partial charge on any atom is 0.118 e. The zero-order valence-electron chi connectivity index (χ0n) is 17.0. The van der Waals surface area contributed by atoms with E-state index in [4.69, 9.17) is 9.73 Å². The van der Waals surface area contributed by atoms with Crippen molar-refractivity contribution in [2.45, 2.75) is 31.6 Å². The fourth-order valence-electron chi connectivity index (χ4n) is 5.12. The summed E-state index contributed by atoms with van der Waals surface area (Å²) in [6.07, 6.45) is 5.60. The topological polar surface area (TPSA) is 21.6 Å². The molecule has 1 atom stereocenters. The van der Waals surface area contributed by atoms with Crippen molar-refractivity contribution in [2.75, 3.05) is 7.11 Å². The Morgan fingerprint density at radius 2 is 1.83 bits per heavy atom. The number of aliphatic imine (C=N–C) groups is 1. The van der Waals surface area contributed by atoms with Crippen molar-refractivity contribution in [2.24, 2.45) is 4.99 Å². The number of rotatable bonds is 3. The van der Waals surface area contributed by atoms with Crippen LogP contribution in [0.15, 0.2) is 72.2 Å². The van der Waals surface area contributed by atoms with Crippen molar-refractivity contribution in [3.8, 4) is 5.75 Å². The third-order valence-electron chi connectivity index (χ3n) is 6.48. The molecule has 1 aliphatic heterocycles. The van der Waals surface area contributed by atoms with Gasteiger partial charge in [0.15, 0.2) is 0 Å². The van der Waals surface area contributed by atoms with E-state index in [0.29, 0.717) is 0 Å². The van der Waals surface area contributed by atoms with Gasteiger partial charge in [-0.3, -0.25) is 4.99 Å². The second-order valence-corrected chi connectivity index (χ2v) is 8.13. The first kappa shape index (κ1) is 17.9. The van der Waals surface area contributed by atoms with Gasteiger partial charge in [-0.2, -0.15) is 0 Å². The first-order chi connectivity index (χ1) is 14.1. The van der Waals surface area contributed by atoms with E-state index in [0.717, 1.165) is 35.4 Å². The van der Waals surface area contributed by atoms with Crippen molar-refractivity contribution in [3.63, 3.8) is 0 Å². The summed E-state index contributed by atoms with van der Waals surface area (Å²) in [5, 5.41) is 0. The zero-order chi connectivity index (χ0) is 20.0. The minimum absolute atomic E-state index is 0.0752. The summed E-state index contributed by atoms with van der Waals surface area (Å²) in [5.41, 5.74) is 9.99. The fraction of sp³-hybridized carbons (Fsp3) is 0.222. The first-order valence-corrected chi connectivity index (χ1v) is 10.2. The summed E-state index contributed by atoms with van der Waals surface area (Å²) >= 11 is 0. The van der Waals surface area contributed by atoms with Crippen LogP contribution in [0.2, 0.25) is 0 Å². The molecule has 1 aliphatic carbocycles. The van der Waals surface area contributed by atoms with E-state index < -0.39 is 0 Å². The van der Waals surface area contributed by atoms with Crippen molar-refractivity contribution < 1.29 is 4.74 Å². The predicted octanol–water partition coefficient (Wildman–Crippen LogP) is 6.40. The Hall–Kier alpha value is -3.13. The van der Waals surface area contributed by atoms with E-state index in [1.807, 2.05) is 12.1 Å². The zero-order valence-corrected chi connectivity index (χ0v) is 17.0. The van der Waals surface area contributed by atoms with E-state index in [1.54, 1.807) is 7.11 Å². The Labute approximate surface area is 172 Å². The lowest BCUT2D eigenvalue weighted by atomic mass is 9.65. The summed E-state index contributed by atoms with van der Waals surface area (Å²) in [6, 6.07) is 21.4. The molecule has 0 N–H and O–H groups in total. The number of fused-ring (bicyclic) bond motifs is 4. The lowest BCUT2D eigenvalue weighted by molar-refractivity contribution is 0.415. The van der Waals surface area contributed by atoms with Crippen LogP contribution in [0.3, 0.4) is 0 Å². The monoisotopic (exact) mass is 379 g/mol. The lowest BCUT2D eigenvalue weighted by Crippen LogP contribution is -2.33. The van der Waals surface area contributed by atoms with Crippen LogP contribution >= 0.6 is 0 Å². The molecule has 0 amide bonds. The maximum atomic E-state index is 5.29. The quantitative estimate of drug-likeness (QED) is 0.516.